The van der Waals surface area contributed by atoms with Crippen molar-refractivity contribution >= 4 is 34.7 Å². The Bertz CT molecular complexity index is 1030. The topological polar surface area (TPSA) is 88.3 Å². The van der Waals surface area contributed by atoms with Gasteiger partial charge in [-0.25, -0.2) is 4.98 Å². The first-order valence-corrected chi connectivity index (χ1v) is 10.2. The number of hydrogen-bond acceptors (Lipinski definition) is 7. The Hall–Kier alpha value is -3.03. The molecule has 1 aromatic heterocycles. The van der Waals surface area contributed by atoms with Crippen molar-refractivity contribution in [2.75, 3.05) is 49.2 Å². The van der Waals surface area contributed by atoms with E-state index in [0.29, 0.717) is 22.5 Å². The lowest BCUT2D eigenvalue weighted by molar-refractivity contribution is 0.415. The van der Waals surface area contributed by atoms with Crippen molar-refractivity contribution in [3.63, 3.8) is 0 Å². The number of nitrogen functional groups attached to an aromatic ring is 1. The Morgan fingerprint density at radius 3 is 2.53 bits per heavy atom. The van der Waals surface area contributed by atoms with Gasteiger partial charge in [0.1, 0.15) is 11.6 Å². The van der Waals surface area contributed by atoms with Crippen LogP contribution in [0.15, 0.2) is 42.5 Å². The second-order valence-corrected chi connectivity index (χ2v) is 7.57. The molecule has 0 amide bonds. The van der Waals surface area contributed by atoms with Gasteiger partial charge >= 0.3 is 0 Å². The Labute approximate surface area is 181 Å². The highest BCUT2D eigenvalue weighted by Gasteiger charge is 2.14. The molecule has 3 aromatic rings. The highest BCUT2D eigenvalue weighted by Crippen LogP contribution is 2.33. The van der Waals surface area contributed by atoms with E-state index in [4.69, 9.17) is 27.1 Å². The fraction of sp³-hybridized carbons (Fsp3) is 0.273. The second-order valence-electron chi connectivity index (χ2n) is 7.16. The average Bonchev–Trinajstić information content (AvgIpc) is 2.78. The maximum absolute atomic E-state index is 6.17. The maximum Gasteiger partial charge on any atom is 0.229 e. The van der Waals surface area contributed by atoms with Gasteiger partial charge in [-0.3, -0.25) is 0 Å². The molecule has 8 heteroatoms. The molecule has 0 unspecified atom stereocenters. The Balaban J connectivity index is 1.59. The molecule has 1 saturated heterocycles. The SMILES string of the molecule is COc1cc(-c2nc(Nc3ccc(N4CCNCC4)cc3)nc(N)c2C)ccc1Cl. The molecular weight excluding hydrogens is 400 g/mol. The van der Waals surface area contributed by atoms with Crippen molar-refractivity contribution in [2.24, 2.45) is 0 Å². The molecule has 30 heavy (non-hydrogen) atoms. The van der Waals surface area contributed by atoms with Crippen LogP contribution in [0.4, 0.5) is 23.1 Å². The van der Waals surface area contributed by atoms with E-state index < -0.39 is 0 Å². The first-order chi connectivity index (χ1) is 14.5. The summed E-state index contributed by atoms with van der Waals surface area (Å²) in [5.74, 6) is 1.45. The van der Waals surface area contributed by atoms with Crippen molar-refractivity contribution < 1.29 is 4.74 Å². The van der Waals surface area contributed by atoms with Gasteiger partial charge in [0.2, 0.25) is 5.95 Å². The fourth-order valence-electron chi connectivity index (χ4n) is 3.49. The lowest BCUT2D eigenvalue weighted by Crippen LogP contribution is -2.43. The number of benzene rings is 2. The minimum atomic E-state index is 0.425. The highest BCUT2D eigenvalue weighted by atomic mass is 35.5. The molecule has 156 valence electrons. The number of nitrogens with one attached hydrogen (secondary N) is 2. The normalized spacial score (nSPS) is 13.9. The Kier molecular flexibility index (Phi) is 5.92. The first kappa shape index (κ1) is 20.3. The number of halogens is 1. The molecule has 2 heterocycles. The largest absolute Gasteiger partial charge is 0.495 e. The molecule has 4 rings (SSSR count). The number of nitrogens with zero attached hydrogens (tertiary/aromatic N) is 3. The van der Waals surface area contributed by atoms with Gasteiger partial charge in [-0.1, -0.05) is 17.7 Å². The predicted octanol–water partition coefficient (Wildman–Crippen LogP) is 3.85. The van der Waals surface area contributed by atoms with Gasteiger partial charge in [0.15, 0.2) is 0 Å². The molecule has 0 saturated carbocycles. The van der Waals surface area contributed by atoms with E-state index in [1.54, 1.807) is 13.2 Å². The second kappa shape index (κ2) is 8.77. The van der Waals surface area contributed by atoms with Crippen molar-refractivity contribution in [1.82, 2.24) is 15.3 Å². The molecule has 1 aliphatic heterocycles. The summed E-state index contributed by atoms with van der Waals surface area (Å²) in [4.78, 5) is 11.5. The Morgan fingerprint density at radius 1 is 1.10 bits per heavy atom. The van der Waals surface area contributed by atoms with E-state index in [-0.39, 0.29) is 0 Å². The van der Waals surface area contributed by atoms with Crippen LogP contribution in [0.3, 0.4) is 0 Å². The van der Waals surface area contributed by atoms with Crippen LogP contribution in [-0.4, -0.2) is 43.3 Å². The summed E-state index contributed by atoms with van der Waals surface area (Å²) in [5, 5.41) is 7.18. The highest BCUT2D eigenvalue weighted by molar-refractivity contribution is 6.32. The molecule has 0 radical (unpaired) electrons. The van der Waals surface area contributed by atoms with E-state index in [9.17, 15) is 0 Å². The number of ether oxygens (including phenoxy) is 1. The lowest BCUT2D eigenvalue weighted by atomic mass is 10.1. The quantitative estimate of drug-likeness (QED) is 0.573. The molecule has 1 aliphatic rings. The standard InChI is InChI=1S/C22H25ClN6O/c1-14-20(15-3-8-18(23)19(13-15)30-2)27-22(28-21(14)24)26-16-4-6-17(7-5-16)29-11-9-25-10-12-29/h3-8,13,25H,9-12H2,1-2H3,(H3,24,26,27,28). The summed E-state index contributed by atoms with van der Waals surface area (Å²) in [7, 11) is 1.59. The molecule has 0 atom stereocenters. The molecular formula is C22H25ClN6O. The number of hydrogen-bond donors (Lipinski definition) is 3. The van der Waals surface area contributed by atoms with E-state index in [2.05, 4.69) is 32.7 Å². The third-order valence-electron chi connectivity index (χ3n) is 5.21. The van der Waals surface area contributed by atoms with Crippen LogP contribution in [0.1, 0.15) is 5.56 Å². The first-order valence-electron chi connectivity index (χ1n) is 9.86. The monoisotopic (exact) mass is 424 g/mol. The number of rotatable bonds is 5. The van der Waals surface area contributed by atoms with Crippen LogP contribution >= 0.6 is 11.6 Å². The predicted molar refractivity (Wildman–Crippen MR) is 123 cm³/mol. The van der Waals surface area contributed by atoms with Crippen LogP contribution < -0.4 is 26.0 Å². The van der Waals surface area contributed by atoms with E-state index in [1.807, 2.05) is 31.2 Å². The summed E-state index contributed by atoms with van der Waals surface area (Å²) in [6.07, 6.45) is 0. The van der Waals surface area contributed by atoms with Crippen molar-refractivity contribution in [3.8, 4) is 17.0 Å². The van der Waals surface area contributed by atoms with Crippen LogP contribution in [-0.2, 0) is 0 Å². The molecule has 0 aliphatic carbocycles. The number of nitrogens with two attached hydrogens (primary N) is 1. The molecule has 2 aromatic carbocycles. The maximum atomic E-state index is 6.17. The number of piperazine rings is 1. The number of anilines is 4. The molecule has 4 N–H and O–H groups in total. The minimum Gasteiger partial charge on any atom is -0.495 e. The van der Waals surface area contributed by atoms with E-state index >= 15 is 0 Å². The van der Waals surface area contributed by atoms with Crippen molar-refractivity contribution in [3.05, 3.63) is 53.1 Å². The zero-order valence-corrected chi connectivity index (χ0v) is 17.8. The van der Waals surface area contributed by atoms with Crippen LogP contribution in [0, 0.1) is 6.92 Å². The number of methoxy groups -OCH3 is 1. The van der Waals surface area contributed by atoms with Gasteiger partial charge in [0.25, 0.3) is 0 Å². The van der Waals surface area contributed by atoms with Crippen LogP contribution in [0.5, 0.6) is 5.75 Å². The van der Waals surface area contributed by atoms with Crippen LogP contribution in [0.2, 0.25) is 5.02 Å². The summed E-state index contributed by atoms with van der Waals surface area (Å²) in [6, 6.07) is 13.8. The molecule has 0 spiro atoms. The minimum absolute atomic E-state index is 0.425. The summed E-state index contributed by atoms with van der Waals surface area (Å²) < 4.78 is 5.33. The third kappa shape index (κ3) is 4.27. The van der Waals surface area contributed by atoms with Crippen molar-refractivity contribution in [1.29, 1.82) is 0 Å². The summed E-state index contributed by atoms with van der Waals surface area (Å²) in [5.41, 5.74) is 10.7. The number of aromatic nitrogens is 2. The average molecular weight is 425 g/mol. The molecule has 7 nitrogen and oxygen atoms in total. The van der Waals surface area contributed by atoms with E-state index in [1.165, 1.54) is 5.69 Å². The molecule has 1 fully saturated rings. The van der Waals surface area contributed by atoms with Gasteiger partial charge in [-0.15, -0.1) is 0 Å². The lowest BCUT2D eigenvalue weighted by Gasteiger charge is -2.29. The van der Waals surface area contributed by atoms with Gasteiger partial charge in [0, 0.05) is 48.7 Å². The summed E-state index contributed by atoms with van der Waals surface area (Å²) in [6.45, 7) is 5.94. The summed E-state index contributed by atoms with van der Waals surface area (Å²) >= 11 is 6.16. The van der Waals surface area contributed by atoms with Gasteiger partial charge in [-0.05, 0) is 43.3 Å². The fourth-order valence-corrected chi connectivity index (χ4v) is 3.68. The van der Waals surface area contributed by atoms with Gasteiger partial charge < -0.3 is 26.0 Å². The zero-order valence-electron chi connectivity index (χ0n) is 17.1. The van der Waals surface area contributed by atoms with Crippen LogP contribution in [0.25, 0.3) is 11.3 Å². The van der Waals surface area contributed by atoms with Gasteiger partial charge in [-0.2, -0.15) is 4.98 Å². The zero-order chi connectivity index (χ0) is 21.1. The Morgan fingerprint density at radius 2 is 1.83 bits per heavy atom. The van der Waals surface area contributed by atoms with E-state index in [0.717, 1.165) is 48.7 Å². The third-order valence-corrected chi connectivity index (χ3v) is 5.53. The smallest absolute Gasteiger partial charge is 0.229 e. The van der Waals surface area contributed by atoms with Crippen molar-refractivity contribution in [2.45, 2.75) is 6.92 Å². The molecule has 0 bridgehead atoms. The van der Waals surface area contributed by atoms with Gasteiger partial charge in [0.05, 0.1) is 17.8 Å².